The minimum absolute atomic E-state index is 0.00822. The molecule has 1 fully saturated rings. The highest BCUT2D eigenvalue weighted by Gasteiger charge is 2.67. The van der Waals surface area contributed by atoms with Gasteiger partial charge in [0.25, 0.3) is 0 Å². The van der Waals surface area contributed by atoms with E-state index >= 15 is 0 Å². The number of hydrogen-bond acceptors (Lipinski definition) is 2. The zero-order chi connectivity index (χ0) is 20.7. The summed E-state index contributed by atoms with van der Waals surface area (Å²) < 4.78 is 4.56. The summed E-state index contributed by atoms with van der Waals surface area (Å²) in [5, 5.41) is 0. The van der Waals surface area contributed by atoms with Gasteiger partial charge in [0.2, 0.25) is 0 Å². The molecule has 3 atom stereocenters. The Morgan fingerprint density at radius 1 is 1.18 bits per heavy atom. The van der Waals surface area contributed by atoms with Gasteiger partial charge in [-0.15, -0.1) is 0 Å². The zero-order valence-electron chi connectivity index (χ0n) is 15.9. The van der Waals surface area contributed by atoms with Gasteiger partial charge in [0.15, 0.2) is 3.24 Å². The van der Waals surface area contributed by atoms with Gasteiger partial charge in [-0.05, 0) is 56.4 Å². The molecule has 0 saturated heterocycles. The smallest absolute Gasteiger partial charge is 0.310 e. The maximum atomic E-state index is 12.8. The summed E-state index contributed by atoms with van der Waals surface area (Å²) in [5.74, 6) is -0.468. The minimum Gasteiger partial charge on any atom is -0.461 e. The quantitative estimate of drug-likeness (QED) is 0.280. The van der Waals surface area contributed by atoms with E-state index in [1.54, 1.807) is 0 Å². The normalized spacial score (nSPS) is 21.8. The average Bonchev–Trinajstić information content (AvgIpc) is 3.21. The molecule has 3 rings (SSSR count). The lowest BCUT2D eigenvalue weighted by atomic mass is 9.97. The number of rotatable bonds is 6. The first kappa shape index (κ1) is 22.1. The van der Waals surface area contributed by atoms with Crippen LogP contribution in [-0.2, 0) is 16.1 Å². The molecular weight excluding hydrogens is 527 g/mol. The summed E-state index contributed by atoms with van der Waals surface area (Å²) in [6, 6.07) is 16.3. The molecule has 28 heavy (non-hydrogen) atoms. The second-order valence-electron chi connectivity index (χ2n) is 7.83. The van der Waals surface area contributed by atoms with Crippen molar-refractivity contribution in [2.24, 2.45) is 17.3 Å². The fourth-order valence-corrected chi connectivity index (χ4v) is 5.43. The van der Waals surface area contributed by atoms with E-state index in [4.69, 9.17) is 27.9 Å². The molecule has 3 unspecified atom stereocenters. The fourth-order valence-electron chi connectivity index (χ4n) is 3.89. The van der Waals surface area contributed by atoms with E-state index in [1.807, 2.05) is 44.2 Å². The van der Waals surface area contributed by atoms with Crippen LogP contribution in [0.25, 0.3) is 11.1 Å². The van der Waals surface area contributed by atoms with Crippen LogP contribution >= 0.6 is 55.1 Å². The summed E-state index contributed by atoms with van der Waals surface area (Å²) in [6.45, 7) is 6.38. The standard InChI is InChI=1S/C22H22Br2Cl2O2/c1-13-15(10-7-11-16(13)14-8-5-4-6-9-14)12-28-20(27)18-17(21(18,2)3)19(23)22(24,25)26/h4-11,17-19H,12H2,1-3H3. The number of carbonyl (C=O) groups excluding carboxylic acids is 1. The average molecular weight is 549 g/mol. The van der Waals surface area contributed by atoms with Crippen LogP contribution in [0.2, 0.25) is 0 Å². The van der Waals surface area contributed by atoms with Crippen molar-refractivity contribution in [3.05, 3.63) is 59.7 Å². The molecule has 2 aromatic rings. The summed E-state index contributed by atoms with van der Waals surface area (Å²) in [6.07, 6.45) is 0. The monoisotopic (exact) mass is 546 g/mol. The summed E-state index contributed by atoms with van der Waals surface area (Å²) >= 11 is 19.1. The molecule has 2 aromatic carbocycles. The van der Waals surface area contributed by atoms with Crippen molar-refractivity contribution in [1.82, 2.24) is 0 Å². The SMILES string of the molecule is Cc1c(COC(=O)C2C(C(Br)C(Cl)(Cl)Br)C2(C)C)cccc1-c1ccccc1. The Balaban J connectivity index is 1.71. The van der Waals surface area contributed by atoms with Crippen LogP contribution in [0.3, 0.4) is 0 Å². The van der Waals surface area contributed by atoms with Crippen molar-refractivity contribution < 1.29 is 9.53 Å². The third kappa shape index (κ3) is 4.45. The van der Waals surface area contributed by atoms with Crippen molar-refractivity contribution in [3.8, 4) is 11.1 Å². The highest BCUT2D eigenvalue weighted by molar-refractivity contribution is 9.13. The predicted molar refractivity (Wildman–Crippen MR) is 123 cm³/mol. The number of ether oxygens (including phenoxy) is 1. The zero-order valence-corrected chi connectivity index (χ0v) is 20.6. The first-order chi connectivity index (χ1) is 13.0. The second kappa shape index (κ2) is 8.29. The minimum atomic E-state index is -1.13. The summed E-state index contributed by atoms with van der Waals surface area (Å²) in [4.78, 5) is 12.5. The van der Waals surface area contributed by atoms with Crippen LogP contribution in [0, 0.1) is 24.2 Å². The molecular formula is C22H22Br2Cl2O2. The van der Waals surface area contributed by atoms with E-state index in [2.05, 4.69) is 57.0 Å². The largest absolute Gasteiger partial charge is 0.461 e. The van der Waals surface area contributed by atoms with Crippen LogP contribution < -0.4 is 0 Å². The maximum absolute atomic E-state index is 12.8. The van der Waals surface area contributed by atoms with E-state index in [-0.39, 0.29) is 34.7 Å². The number of esters is 1. The van der Waals surface area contributed by atoms with E-state index in [1.165, 1.54) is 0 Å². The second-order valence-corrected chi connectivity index (χ2v) is 12.4. The van der Waals surface area contributed by atoms with Crippen molar-refractivity contribution >= 4 is 61.0 Å². The van der Waals surface area contributed by atoms with Gasteiger partial charge in [-0.1, -0.05) is 102 Å². The molecule has 1 saturated carbocycles. The van der Waals surface area contributed by atoms with Gasteiger partial charge in [0.05, 0.1) is 10.7 Å². The van der Waals surface area contributed by atoms with Crippen LogP contribution in [0.15, 0.2) is 48.5 Å². The van der Waals surface area contributed by atoms with Crippen LogP contribution in [0.4, 0.5) is 0 Å². The van der Waals surface area contributed by atoms with Gasteiger partial charge in [-0.3, -0.25) is 4.79 Å². The Labute approximate surface area is 193 Å². The topological polar surface area (TPSA) is 26.3 Å². The van der Waals surface area contributed by atoms with Crippen molar-refractivity contribution in [2.45, 2.75) is 35.4 Å². The van der Waals surface area contributed by atoms with Crippen molar-refractivity contribution in [1.29, 1.82) is 0 Å². The van der Waals surface area contributed by atoms with Gasteiger partial charge in [-0.25, -0.2) is 0 Å². The lowest BCUT2D eigenvalue weighted by molar-refractivity contribution is -0.147. The molecule has 6 heteroatoms. The first-order valence-electron chi connectivity index (χ1n) is 9.06. The van der Waals surface area contributed by atoms with E-state index < -0.39 is 3.24 Å². The van der Waals surface area contributed by atoms with Gasteiger partial charge in [0.1, 0.15) is 6.61 Å². The molecule has 0 bridgehead atoms. The van der Waals surface area contributed by atoms with E-state index in [0.29, 0.717) is 0 Å². The maximum Gasteiger partial charge on any atom is 0.310 e. The van der Waals surface area contributed by atoms with Gasteiger partial charge in [-0.2, -0.15) is 0 Å². The number of alkyl halides is 4. The molecule has 0 amide bonds. The lowest BCUT2D eigenvalue weighted by Gasteiger charge is -2.20. The Hall–Kier alpha value is -0.550. The third-order valence-corrected chi connectivity index (χ3v) is 9.05. The number of benzene rings is 2. The van der Waals surface area contributed by atoms with Crippen molar-refractivity contribution in [3.63, 3.8) is 0 Å². The van der Waals surface area contributed by atoms with Crippen LogP contribution in [-0.4, -0.2) is 14.0 Å². The number of hydrogen-bond donors (Lipinski definition) is 0. The Morgan fingerprint density at radius 2 is 1.82 bits per heavy atom. The first-order valence-corrected chi connectivity index (χ1v) is 11.5. The third-order valence-electron chi connectivity index (χ3n) is 5.69. The molecule has 2 nitrogen and oxygen atoms in total. The van der Waals surface area contributed by atoms with Crippen LogP contribution in [0.5, 0.6) is 0 Å². The molecule has 0 radical (unpaired) electrons. The Morgan fingerprint density at radius 3 is 2.43 bits per heavy atom. The summed E-state index contributed by atoms with van der Waals surface area (Å²) in [7, 11) is 0. The van der Waals surface area contributed by atoms with Gasteiger partial charge >= 0.3 is 5.97 Å². The highest BCUT2D eigenvalue weighted by atomic mass is 79.9. The fraction of sp³-hybridized carbons (Fsp3) is 0.409. The van der Waals surface area contributed by atoms with Crippen molar-refractivity contribution in [2.75, 3.05) is 0 Å². The van der Waals surface area contributed by atoms with E-state index in [0.717, 1.165) is 22.3 Å². The van der Waals surface area contributed by atoms with Gasteiger partial charge < -0.3 is 4.74 Å². The molecule has 0 N–H and O–H groups in total. The molecule has 0 heterocycles. The Bertz CT molecular complexity index is 863. The van der Waals surface area contributed by atoms with E-state index in [9.17, 15) is 4.79 Å². The molecule has 1 aliphatic carbocycles. The highest BCUT2D eigenvalue weighted by Crippen LogP contribution is 2.65. The molecule has 0 spiro atoms. The predicted octanol–water partition coefficient (Wildman–Crippen LogP) is 7.27. The Kier molecular flexibility index (Phi) is 6.56. The molecule has 0 aliphatic heterocycles. The van der Waals surface area contributed by atoms with Gasteiger partial charge in [0, 0.05) is 0 Å². The molecule has 150 valence electrons. The molecule has 0 aromatic heterocycles. The number of halogens is 4. The van der Waals surface area contributed by atoms with Crippen LogP contribution in [0.1, 0.15) is 25.0 Å². The lowest BCUT2D eigenvalue weighted by Crippen LogP contribution is -2.23. The number of carbonyl (C=O) groups is 1. The molecule has 1 aliphatic rings. The summed E-state index contributed by atoms with van der Waals surface area (Å²) in [5.41, 5.74) is 4.19.